The van der Waals surface area contributed by atoms with Gasteiger partial charge in [-0.2, -0.15) is 0 Å². The topological polar surface area (TPSA) is 64.4 Å². The van der Waals surface area contributed by atoms with Gasteiger partial charge >= 0.3 is 0 Å². The van der Waals surface area contributed by atoms with E-state index >= 15 is 0 Å². The zero-order valence-electron chi connectivity index (χ0n) is 14.3. The first-order valence-corrected chi connectivity index (χ1v) is 8.75. The van der Waals surface area contributed by atoms with Gasteiger partial charge in [-0.15, -0.1) is 0 Å². The highest BCUT2D eigenvalue weighted by molar-refractivity contribution is 5.88. The van der Waals surface area contributed by atoms with E-state index < -0.39 is 5.54 Å². The van der Waals surface area contributed by atoms with E-state index in [1.807, 2.05) is 37.3 Å². The Balaban J connectivity index is 1.52. The van der Waals surface area contributed by atoms with E-state index in [9.17, 15) is 4.79 Å². The number of hydrogen-bond donors (Lipinski definition) is 2. The number of rotatable bonds is 5. The van der Waals surface area contributed by atoms with Gasteiger partial charge in [-0.25, -0.2) is 0 Å². The van der Waals surface area contributed by atoms with Crippen LogP contribution in [0.25, 0.3) is 10.8 Å². The highest BCUT2D eigenvalue weighted by Crippen LogP contribution is 2.31. The quantitative estimate of drug-likeness (QED) is 0.829. The van der Waals surface area contributed by atoms with Crippen LogP contribution in [-0.2, 0) is 4.79 Å². The smallest absolute Gasteiger partial charge is 0.225 e. The molecule has 0 spiro atoms. The van der Waals surface area contributed by atoms with Gasteiger partial charge in [-0.1, -0.05) is 49.2 Å². The van der Waals surface area contributed by atoms with Gasteiger partial charge in [-0.3, -0.25) is 4.79 Å². The van der Waals surface area contributed by atoms with Crippen LogP contribution < -0.4 is 15.8 Å². The van der Waals surface area contributed by atoms with Crippen LogP contribution in [0.4, 0.5) is 0 Å². The van der Waals surface area contributed by atoms with Crippen LogP contribution >= 0.6 is 0 Å². The molecule has 0 heterocycles. The van der Waals surface area contributed by atoms with Gasteiger partial charge in [0.05, 0.1) is 12.5 Å². The SMILES string of the molecule is CC1(N)CCCCC1C(=O)NCCOc1cccc2ccccc12. The summed E-state index contributed by atoms with van der Waals surface area (Å²) in [6.45, 7) is 2.94. The summed E-state index contributed by atoms with van der Waals surface area (Å²) in [6, 6.07) is 14.1. The molecule has 1 aliphatic rings. The number of nitrogens with one attached hydrogen (secondary N) is 1. The van der Waals surface area contributed by atoms with E-state index in [0.717, 1.165) is 42.2 Å². The van der Waals surface area contributed by atoms with Crippen molar-refractivity contribution in [3.63, 3.8) is 0 Å². The second kappa shape index (κ2) is 7.22. The molecule has 0 radical (unpaired) electrons. The normalized spacial score (nSPS) is 23.8. The molecule has 3 N–H and O–H groups in total. The Morgan fingerprint density at radius 3 is 2.88 bits per heavy atom. The zero-order valence-corrected chi connectivity index (χ0v) is 14.3. The Hall–Kier alpha value is -2.07. The van der Waals surface area contributed by atoms with Gasteiger partial charge in [0, 0.05) is 10.9 Å². The Morgan fingerprint density at radius 1 is 1.25 bits per heavy atom. The van der Waals surface area contributed by atoms with Crippen molar-refractivity contribution < 1.29 is 9.53 Å². The third kappa shape index (κ3) is 3.70. The minimum Gasteiger partial charge on any atom is -0.491 e. The molecule has 2 unspecified atom stereocenters. The standard InChI is InChI=1S/C20H26N2O2/c1-20(21)12-5-4-10-17(20)19(23)22-13-14-24-18-11-6-8-15-7-2-3-9-16(15)18/h2-3,6-9,11,17H,4-5,10,12-14,21H2,1H3,(H,22,23). The average Bonchev–Trinajstić information content (AvgIpc) is 2.58. The second-order valence-electron chi connectivity index (χ2n) is 6.92. The van der Waals surface area contributed by atoms with Gasteiger partial charge in [0.1, 0.15) is 12.4 Å². The van der Waals surface area contributed by atoms with Gasteiger partial charge in [0.2, 0.25) is 5.91 Å². The molecule has 0 saturated heterocycles. The number of amides is 1. The number of ether oxygens (including phenoxy) is 1. The Morgan fingerprint density at radius 2 is 2.04 bits per heavy atom. The molecule has 24 heavy (non-hydrogen) atoms. The molecule has 128 valence electrons. The molecule has 4 nitrogen and oxygen atoms in total. The molecule has 4 heteroatoms. The fourth-order valence-electron chi connectivity index (χ4n) is 3.57. The van der Waals surface area contributed by atoms with E-state index in [4.69, 9.17) is 10.5 Å². The summed E-state index contributed by atoms with van der Waals surface area (Å²) in [5, 5.41) is 5.23. The van der Waals surface area contributed by atoms with E-state index in [1.54, 1.807) is 0 Å². The van der Waals surface area contributed by atoms with Crippen LogP contribution in [0.3, 0.4) is 0 Å². The van der Waals surface area contributed by atoms with Crippen LogP contribution in [0.1, 0.15) is 32.6 Å². The van der Waals surface area contributed by atoms with Crippen molar-refractivity contribution in [2.24, 2.45) is 11.7 Å². The third-order valence-electron chi connectivity index (χ3n) is 4.98. The van der Waals surface area contributed by atoms with Crippen molar-refractivity contribution in [3.05, 3.63) is 42.5 Å². The number of nitrogens with two attached hydrogens (primary N) is 1. The average molecular weight is 326 g/mol. The van der Waals surface area contributed by atoms with Crippen LogP contribution in [0.15, 0.2) is 42.5 Å². The largest absolute Gasteiger partial charge is 0.491 e. The first kappa shape index (κ1) is 16.8. The molecule has 3 rings (SSSR count). The molecular formula is C20H26N2O2. The molecule has 2 atom stereocenters. The molecular weight excluding hydrogens is 300 g/mol. The van der Waals surface area contributed by atoms with Crippen molar-refractivity contribution in [2.45, 2.75) is 38.1 Å². The summed E-state index contributed by atoms with van der Waals surface area (Å²) in [4.78, 5) is 12.4. The molecule has 1 aliphatic carbocycles. The lowest BCUT2D eigenvalue weighted by molar-refractivity contribution is -0.128. The predicted molar refractivity (Wildman–Crippen MR) is 97.0 cm³/mol. The molecule has 0 aliphatic heterocycles. The Bertz CT molecular complexity index is 706. The Labute approximate surface area is 143 Å². The van der Waals surface area contributed by atoms with E-state index in [1.165, 1.54) is 0 Å². The molecule has 1 saturated carbocycles. The lowest BCUT2D eigenvalue weighted by Gasteiger charge is -2.37. The lowest BCUT2D eigenvalue weighted by atomic mass is 9.74. The zero-order chi connectivity index (χ0) is 17.0. The van der Waals surface area contributed by atoms with Crippen LogP contribution in [-0.4, -0.2) is 24.6 Å². The summed E-state index contributed by atoms with van der Waals surface area (Å²) >= 11 is 0. The number of benzene rings is 2. The van der Waals surface area contributed by atoms with Crippen molar-refractivity contribution >= 4 is 16.7 Å². The van der Waals surface area contributed by atoms with Crippen molar-refractivity contribution in [2.75, 3.05) is 13.2 Å². The summed E-state index contributed by atoms with van der Waals surface area (Å²) in [6.07, 6.45) is 3.99. The maximum absolute atomic E-state index is 12.4. The van der Waals surface area contributed by atoms with Gasteiger partial charge in [0.15, 0.2) is 0 Å². The van der Waals surface area contributed by atoms with Gasteiger partial charge in [0.25, 0.3) is 0 Å². The fraction of sp³-hybridized carbons (Fsp3) is 0.450. The van der Waals surface area contributed by atoms with Gasteiger partial charge in [-0.05, 0) is 31.2 Å². The van der Waals surface area contributed by atoms with E-state index in [-0.39, 0.29) is 11.8 Å². The lowest BCUT2D eigenvalue weighted by Crippen LogP contribution is -2.53. The molecule has 2 aromatic carbocycles. The van der Waals surface area contributed by atoms with E-state index in [2.05, 4.69) is 17.4 Å². The third-order valence-corrected chi connectivity index (χ3v) is 4.98. The first-order chi connectivity index (χ1) is 11.6. The van der Waals surface area contributed by atoms with E-state index in [0.29, 0.717) is 13.2 Å². The van der Waals surface area contributed by atoms with Crippen molar-refractivity contribution in [1.29, 1.82) is 0 Å². The first-order valence-electron chi connectivity index (χ1n) is 8.75. The number of carbonyl (C=O) groups excluding carboxylic acids is 1. The summed E-state index contributed by atoms with van der Waals surface area (Å²) < 4.78 is 5.86. The number of hydrogen-bond acceptors (Lipinski definition) is 3. The monoisotopic (exact) mass is 326 g/mol. The van der Waals surface area contributed by atoms with Gasteiger partial charge < -0.3 is 15.8 Å². The molecule has 0 bridgehead atoms. The van der Waals surface area contributed by atoms with Crippen LogP contribution in [0, 0.1) is 5.92 Å². The minimum atomic E-state index is -0.390. The summed E-state index contributed by atoms with van der Waals surface area (Å²) in [5.41, 5.74) is 5.90. The summed E-state index contributed by atoms with van der Waals surface area (Å²) in [7, 11) is 0. The summed E-state index contributed by atoms with van der Waals surface area (Å²) in [5.74, 6) is 0.814. The highest BCUT2D eigenvalue weighted by atomic mass is 16.5. The van der Waals surface area contributed by atoms with Crippen molar-refractivity contribution in [1.82, 2.24) is 5.32 Å². The maximum Gasteiger partial charge on any atom is 0.225 e. The van der Waals surface area contributed by atoms with Crippen molar-refractivity contribution in [3.8, 4) is 5.75 Å². The number of carbonyl (C=O) groups is 1. The molecule has 1 amide bonds. The molecule has 0 aromatic heterocycles. The fourth-order valence-corrected chi connectivity index (χ4v) is 3.57. The second-order valence-corrected chi connectivity index (χ2v) is 6.92. The maximum atomic E-state index is 12.4. The van der Waals surface area contributed by atoms with Crippen LogP contribution in [0.5, 0.6) is 5.75 Å². The molecule has 1 fully saturated rings. The predicted octanol–water partition coefficient (Wildman–Crippen LogP) is 3.24. The highest BCUT2D eigenvalue weighted by Gasteiger charge is 2.37. The van der Waals surface area contributed by atoms with Crippen LogP contribution in [0.2, 0.25) is 0 Å². The Kier molecular flexibility index (Phi) is 5.05. The molecule has 2 aromatic rings. The minimum absolute atomic E-state index is 0.0567. The number of fused-ring (bicyclic) bond motifs is 1.